The third-order valence-electron chi connectivity index (χ3n) is 5.47. The minimum atomic E-state index is -1.13. The molecule has 0 bridgehead atoms. The van der Waals surface area contributed by atoms with Crippen LogP contribution in [0.4, 0.5) is 0 Å². The molecule has 0 spiro atoms. The molecule has 4 amide bonds. The number of ether oxygens (including phenoxy) is 1. The molecule has 3 rings (SSSR count). The Labute approximate surface area is 202 Å². The van der Waals surface area contributed by atoms with E-state index in [9.17, 15) is 24.0 Å². The Hall–Kier alpha value is -4.09. The van der Waals surface area contributed by atoms with Gasteiger partial charge in [-0.05, 0) is 38.3 Å². The summed E-state index contributed by atoms with van der Waals surface area (Å²) in [7, 11) is 1.39. The Bertz CT molecular complexity index is 1110. The fourth-order valence-corrected chi connectivity index (χ4v) is 3.77. The number of hydrogen-bond acceptors (Lipinski definition) is 8. The van der Waals surface area contributed by atoms with Crippen LogP contribution in [-0.2, 0) is 20.9 Å². The van der Waals surface area contributed by atoms with E-state index in [0.29, 0.717) is 19.4 Å². The van der Waals surface area contributed by atoms with Crippen LogP contribution >= 0.6 is 0 Å². The molecule has 1 unspecified atom stereocenters. The summed E-state index contributed by atoms with van der Waals surface area (Å²) in [5.41, 5.74) is 0.918. The average molecular weight is 485 g/mol. The molecule has 0 saturated heterocycles. The third kappa shape index (κ3) is 6.08. The summed E-state index contributed by atoms with van der Waals surface area (Å²) < 4.78 is 7.31. The van der Waals surface area contributed by atoms with E-state index in [-0.39, 0.29) is 42.2 Å². The number of nitrogens with zero attached hydrogens (tertiary/aromatic N) is 4. The second-order valence-corrected chi connectivity index (χ2v) is 8.00. The highest BCUT2D eigenvalue weighted by atomic mass is 16.5. The first-order valence-corrected chi connectivity index (χ1v) is 11.3. The van der Waals surface area contributed by atoms with Gasteiger partial charge in [0.2, 0.25) is 5.91 Å². The van der Waals surface area contributed by atoms with Gasteiger partial charge in [0.15, 0.2) is 6.61 Å². The lowest BCUT2D eigenvalue weighted by molar-refractivity contribution is -0.125. The van der Waals surface area contributed by atoms with Gasteiger partial charge in [0.25, 0.3) is 17.7 Å². The van der Waals surface area contributed by atoms with Gasteiger partial charge >= 0.3 is 0 Å². The van der Waals surface area contributed by atoms with Crippen LogP contribution in [0.25, 0.3) is 0 Å². The van der Waals surface area contributed by atoms with Crippen LogP contribution < -0.4 is 15.4 Å². The lowest BCUT2D eigenvalue weighted by Crippen LogP contribution is -2.48. The van der Waals surface area contributed by atoms with Gasteiger partial charge in [0, 0.05) is 32.8 Å². The van der Waals surface area contributed by atoms with E-state index in [2.05, 4.69) is 20.9 Å². The summed E-state index contributed by atoms with van der Waals surface area (Å²) in [6.45, 7) is 2.66. The van der Waals surface area contributed by atoms with Crippen LogP contribution in [0.15, 0.2) is 24.4 Å². The number of rotatable bonds is 13. The number of benzene rings is 1. The Morgan fingerprint density at radius 2 is 2.00 bits per heavy atom. The summed E-state index contributed by atoms with van der Waals surface area (Å²) >= 11 is 0. The van der Waals surface area contributed by atoms with Crippen LogP contribution in [-0.4, -0.2) is 76.0 Å². The number of fused-ring (bicyclic) bond motifs is 1. The lowest BCUT2D eigenvalue weighted by atomic mass is 10.1. The van der Waals surface area contributed by atoms with Crippen LogP contribution in [0, 0.1) is 6.92 Å². The lowest BCUT2D eigenvalue weighted by Gasteiger charge is -2.24. The maximum absolute atomic E-state index is 13.1. The fraction of sp³-hybridized carbons (Fsp3) is 0.435. The Morgan fingerprint density at radius 1 is 1.20 bits per heavy atom. The zero-order chi connectivity index (χ0) is 25.4. The standard InChI is InChI=1S/C23H28N6O6/c1-15-13-28(27-26-15)11-4-3-10-25-19(31)14-35-18-9-5-7-16-20(18)23(34)29(22(16)33)17(8-6-12-30)21(32)24-2/h5,7,9,12-13,17H,3-4,6,8,10-11,14H2,1-2H3,(H,24,32)(H,25,31). The Morgan fingerprint density at radius 3 is 2.69 bits per heavy atom. The van der Waals surface area contributed by atoms with Crippen LogP contribution in [0.5, 0.6) is 5.75 Å². The Balaban J connectivity index is 1.57. The number of nitrogens with one attached hydrogen (secondary N) is 2. The molecule has 2 N–H and O–H groups in total. The molecule has 0 fully saturated rings. The number of aromatic nitrogens is 3. The highest BCUT2D eigenvalue weighted by molar-refractivity contribution is 6.24. The van der Waals surface area contributed by atoms with Crippen molar-refractivity contribution in [1.82, 2.24) is 30.5 Å². The highest BCUT2D eigenvalue weighted by Crippen LogP contribution is 2.33. The Kier molecular flexibility index (Phi) is 8.65. The number of carbonyl (C=O) groups is 5. The van der Waals surface area contributed by atoms with Gasteiger partial charge in [0.05, 0.1) is 16.8 Å². The SMILES string of the molecule is CNC(=O)C(CCC=O)N1C(=O)c2cccc(OCC(=O)NCCCCn3cc(C)nn3)c2C1=O. The van der Waals surface area contributed by atoms with E-state index < -0.39 is 23.8 Å². The van der Waals surface area contributed by atoms with Crippen molar-refractivity contribution in [1.29, 1.82) is 0 Å². The fourth-order valence-electron chi connectivity index (χ4n) is 3.77. The molecule has 0 radical (unpaired) electrons. The monoisotopic (exact) mass is 484 g/mol. The number of amides is 4. The number of unbranched alkanes of at least 4 members (excludes halogenated alkanes) is 1. The third-order valence-corrected chi connectivity index (χ3v) is 5.47. The molecule has 2 heterocycles. The number of aldehydes is 1. The summed E-state index contributed by atoms with van der Waals surface area (Å²) in [6, 6.07) is 3.35. The molecule has 1 atom stereocenters. The van der Waals surface area contributed by atoms with Gasteiger partial charge in [-0.3, -0.25) is 28.8 Å². The van der Waals surface area contributed by atoms with Crippen molar-refractivity contribution in [2.75, 3.05) is 20.2 Å². The largest absolute Gasteiger partial charge is 0.483 e. The first-order valence-electron chi connectivity index (χ1n) is 11.3. The molecule has 1 aliphatic heterocycles. The van der Waals surface area contributed by atoms with E-state index in [0.717, 1.165) is 23.4 Å². The molecule has 186 valence electrons. The minimum Gasteiger partial charge on any atom is -0.483 e. The van der Waals surface area contributed by atoms with E-state index in [1.54, 1.807) is 4.68 Å². The van der Waals surface area contributed by atoms with Gasteiger partial charge in [-0.1, -0.05) is 11.3 Å². The second kappa shape index (κ2) is 11.9. The van der Waals surface area contributed by atoms with Crippen molar-refractivity contribution in [3.05, 3.63) is 41.2 Å². The normalized spacial score (nSPS) is 13.4. The maximum atomic E-state index is 13.1. The molecule has 0 saturated carbocycles. The summed E-state index contributed by atoms with van der Waals surface area (Å²) in [4.78, 5) is 62.2. The van der Waals surface area contributed by atoms with Gasteiger partial charge in [-0.2, -0.15) is 0 Å². The van der Waals surface area contributed by atoms with Gasteiger partial charge in [0.1, 0.15) is 18.1 Å². The van der Waals surface area contributed by atoms with Gasteiger partial charge in [-0.15, -0.1) is 5.10 Å². The van der Waals surface area contributed by atoms with E-state index in [1.165, 1.54) is 25.2 Å². The van der Waals surface area contributed by atoms with Crippen molar-refractivity contribution < 1.29 is 28.7 Å². The highest BCUT2D eigenvalue weighted by Gasteiger charge is 2.44. The number of imide groups is 1. The van der Waals surface area contributed by atoms with E-state index >= 15 is 0 Å². The van der Waals surface area contributed by atoms with Crippen LogP contribution in [0.3, 0.4) is 0 Å². The minimum absolute atomic E-state index is 0.00372. The van der Waals surface area contributed by atoms with Crippen molar-refractivity contribution in [3.8, 4) is 5.75 Å². The molecule has 1 aromatic heterocycles. The smallest absolute Gasteiger partial charge is 0.266 e. The van der Waals surface area contributed by atoms with E-state index in [1.807, 2.05) is 13.1 Å². The van der Waals surface area contributed by atoms with Crippen LogP contribution in [0.1, 0.15) is 52.1 Å². The average Bonchev–Trinajstić information content (AvgIpc) is 3.38. The van der Waals surface area contributed by atoms with Crippen molar-refractivity contribution in [2.24, 2.45) is 0 Å². The molecule has 2 aromatic rings. The predicted octanol–water partition coefficient (Wildman–Crippen LogP) is 0.252. The van der Waals surface area contributed by atoms with Crippen molar-refractivity contribution in [3.63, 3.8) is 0 Å². The molecule has 1 aliphatic rings. The molecule has 35 heavy (non-hydrogen) atoms. The molecular weight excluding hydrogens is 456 g/mol. The number of hydrogen-bond donors (Lipinski definition) is 2. The molecule has 12 nitrogen and oxygen atoms in total. The van der Waals surface area contributed by atoms with Crippen molar-refractivity contribution >= 4 is 29.9 Å². The number of carbonyl (C=O) groups excluding carboxylic acids is 5. The maximum Gasteiger partial charge on any atom is 0.266 e. The quantitative estimate of drug-likeness (QED) is 0.233. The first-order chi connectivity index (χ1) is 16.9. The molecule has 1 aromatic carbocycles. The zero-order valence-electron chi connectivity index (χ0n) is 19.7. The predicted molar refractivity (Wildman–Crippen MR) is 123 cm³/mol. The molecular formula is C23H28N6O6. The molecule has 12 heteroatoms. The summed E-state index contributed by atoms with van der Waals surface area (Å²) in [6.07, 6.45) is 4.01. The number of likely N-dealkylation sites (N-methyl/N-ethyl adjacent to an activating group) is 1. The summed E-state index contributed by atoms with van der Waals surface area (Å²) in [5.74, 6) is -2.21. The topological polar surface area (TPSA) is 153 Å². The van der Waals surface area contributed by atoms with Gasteiger partial charge < -0.3 is 20.2 Å². The van der Waals surface area contributed by atoms with Gasteiger partial charge in [-0.25, -0.2) is 0 Å². The zero-order valence-corrected chi connectivity index (χ0v) is 19.7. The van der Waals surface area contributed by atoms with E-state index in [4.69, 9.17) is 4.74 Å². The molecule has 0 aliphatic carbocycles. The second-order valence-electron chi connectivity index (χ2n) is 8.00. The number of aryl methyl sites for hydroxylation is 2. The summed E-state index contributed by atoms with van der Waals surface area (Å²) in [5, 5.41) is 13.0. The van der Waals surface area contributed by atoms with Crippen LogP contribution in [0.2, 0.25) is 0 Å². The first kappa shape index (κ1) is 25.5. The van der Waals surface area contributed by atoms with Crippen molar-refractivity contribution in [2.45, 2.75) is 45.2 Å².